The van der Waals surface area contributed by atoms with Gasteiger partial charge in [0.2, 0.25) is 5.91 Å². The van der Waals surface area contributed by atoms with Crippen molar-refractivity contribution in [2.75, 3.05) is 40.3 Å². The quantitative estimate of drug-likeness (QED) is 0.768. The molecule has 1 fully saturated rings. The standard InChI is InChI=1S/C19H23N3O3S/c1-20(2)26(24,25)22-14-12-21(13-15-22)19(23)11-10-17-8-5-7-16-6-3-4-9-18(16)17/h3-11H,12-15H2,1-2H3/b11-10+. The Kier molecular flexibility index (Phi) is 5.41. The lowest BCUT2D eigenvalue weighted by molar-refractivity contribution is -0.127. The number of rotatable bonds is 4. The minimum Gasteiger partial charge on any atom is -0.337 e. The number of carbonyl (C=O) groups excluding carboxylic acids is 1. The number of amides is 1. The lowest BCUT2D eigenvalue weighted by Gasteiger charge is -2.34. The molecule has 26 heavy (non-hydrogen) atoms. The summed E-state index contributed by atoms with van der Waals surface area (Å²) in [6.07, 6.45) is 3.39. The first-order valence-electron chi connectivity index (χ1n) is 8.52. The Morgan fingerprint density at radius 1 is 1.00 bits per heavy atom. The van der Waals surface area contributed by atoms with Gasteiger partial charge in [0.25, 0.3) is 10.2 Å². The van der Waals surface area contributed by atoms with Gasteiger partial charge in [-0.1, -0.05) is 42.5 Å². The Bertz CT molecular complexity index is 925. The van der Waals surface area contributed by atoms with Gasteiger partial charge in [0, 0.05) is 46.4 Å². The molecule has 0 radical (unpaired) electrons. The fourth-order valence-electron chi connectivity index (χ4n) is 3.03. The van der Waals surface area contributed by atoms with E-state index in [1.54, 1.807) is 11.0 Å². The molecule has 3 rings (SSSR count). The number of carbonyl (C=O) groups is 1. The van der Waals surface area contributed by atoms with Crippen LogP contribution in [-0.4, -0.2) is 68.1 Å². The van der Waals surface area contributed by atoms with Gasteiger partial charge in [-0.3, -0.25) is 4.79 Å². The van der Waals surface area contributed by atoms with E-state index in [1.807, 2.05) is 48.5 Å². The summed E-state index contributed by atoms with van der Waals surface area (Å²) >= 11 is 0. The van der Waals surface area contributed by atoms with E-state index in [4.69, 9.17) is 0 Å². The van der Waals surface area contributed by atoms with Crippen molar-refractivity contribution in [3.8, 4) is 0 Å². The second-order valence-electron chi connectivity index (χ2n) is 6.42. The molecule has 1 saturated heterocycles. The normalized spacial score (nSPS) is 16.7. The van der Waals surface area contributed by atoms with Gasteiger partial charge in [-0.15, -0.1) is 0 Å². The van der Waals surface area contributed by atoms with E-state index >= 15 is 0 Å². The monoisotopic (exact) mass is 373 g/mol. The third kappa shape index (κ3) is 3.80. The smallest absolute Gasteiger partial charge is 0.281 e. The van der Waals surface area contributed by atoms with Crippen LogP contribution in [0.4, 0.5) is 0 Å². The van der Waals surface area contributed by atoms with Crippen LogP contribution in [-0.2, 0) is 15.0 Å². The second kappa shape index (κ2) is 7.57. The molecule has 0 atom stereocenters. The average molecular weight is 373 g/mol. The van der Waals surface area contributed by atoms with Crippen molar-refractivity contribution in [1.29, 1.82) is 0 Å². The summed E-state index contributed by atoms with van der Waals surface area (Å²) in [6, 6.07) is 14.0. The summed E-state index contributed by atoms with van der Waals surface area (Å²) in [5, 5.41) is 2.23. The van der Waals surface area contributed by atoms with Crippen LogP contribution in [0.25, 0.3) is 16.8 Å². The molecule has 0 bridgehead atoms. The van der Waals surface area contributed by atoms with Crippen molar-refractivity contribution in [3.05, 3.63) is 54.1 Å². The van der Waals surface area contributed by atoms with E-state index in [0.29, 0.717) is 26.2 Å². The van der Waals surface area contributed by atoms with Gasteiger partial charge < -0.3 is 4.90 Å². The maximum Gasteiger partial charge on any atom is 0.281 e. The average Bonchev–Trinajstić information content (AvgIpc) is 2.66. The molecular weight excluding hydrogens is 350 g/mol. The molecular formula is C19H23N3O3S. The van der Waals surface area contributed by atoms with Crippen LogP contribution in [0.2, 0.25) is 0 Å². The van der Waals surface area contributed by atoms with Crippen LogP contribution in [0, 0.1) is 0 Å². The van der Waals surface area contributed by atoms with Gasteiger partial charge in [0.1, 0.15) is 0 Å². The molecule has 7 heteroatoms. The molecule has 1 amide bonds. The van der Waals surface area contributed by atoms with Gasteiger partial charge in [0.05, 0.1) is 0 Å². The molecule has 0 aromatic heterocycles. The Balaban J connectivity index is 1.67. The van der Waals surface area contributed by atoms with Crippen LogP contribution in [0.15, 0.2) is 48.5 Å². The van der Waals surface area contributed by atoms with Gasteiger partial charge in [-0.25, -0.2) is 0 Å². The van der Waals surface area contributed by atoms with E-state index in [0.717, 1.165) is 16.3 Å². The Morgan fingerprint density at radius 3 is 2.35 bits per heavy atom. The fourth-order valence-corrected chi connectivity index (χ4v) is 4.12. The maximum absolute atomic E-state index is 12.5. The van der Waals surface area contributed by atoms with Gasteiger partial charge >= 0.3 is 0 Å². The lowest BCUT2D eigenvalue weighted by Crippen LogP contribution is -2.52. The number of piperazine rings is 1. The number of benzene rings is 2. The first kappa shape index (κ1) is 18.6. The number of hydrogen-bond donors (Lipinski definition) is 0. The minimum atomic E-state index is -3.42. The molecule has 0 unspecified atom stereocenters. The largest absolute Gasteiger partial charge is 0.337 e. The van der Waals surface area contributed by atoms with Crippen LogP contribution in [0.1, 0.15) is 5.56 Å². The van der Waals surface area contributed by atoms with Crippen LogP contribution >= 0.6 is 0 Å². The molecule has 1 heterocycles. The summed E-state index contributed by atoms with van der Waals surface area (Å²) < 4.78 is 26.9. The van der Waals surface area contributed by atoms with Crippen molar-refractivity contribution in [2.24, 2.45) is 0 Å². The molecule has 0 aliphatic carbocycles. The van der Waals surface area contributed by atoms with E-state index in [2.05, 4.69) is 0 Å². The van der Waals surface area contributed by atoms with Crippen molar-refractivity contribution in [2.45, 2.75) is 0 Å². The molecule has 0 N–H and O–H groups in total. The number of nitrogens with zero attached hydrogens (tertiary/aromatic N) is 3. The predicted molar refractivity (Wildman–Crippen MR) is 104 cm³/mol. The molecule has 138 valence electrons. The molecule has 6 nitrogen and oxygen atoms in total. The number of fused-ring (bicyclic) bond motifs is 1. The summed E-state index contributed by atoms with van der Waals surface area (Å²) in [6.45, 7) is 1.42. The molecule has 1 aliphatic rings. The maximum atomic E-state index is 12.5. The van der Waals surface area contributed by atoms with Gasteiger partial charge in [-0.2, -0.15) is 17.0 Å². The summed E-state index contributed by atoms with van der Waals surface area (Å²) in [7, 11) is -0.391. The highest BCUT2D eigenvalue weighted by Gasteiger charge is 2.29. The Hall–Kier alpha value is -2.22. The van der Waals surface area contributed by atoms with Crippen LogP contribution in [0.5, 0.6) is 0 Å². The van der Waals surface area contributed by atoms with Crippen molar-refractivity contribution in [3.63, 3.8) is 0 Å². The molecule has 2 aromatic rings. The van der Waals surface area contributed by atoms with Crippen molar-refractivity contribution < 1.29 is 13.2 Å². The zero-order valence-corrected chi connectivity index (χ0v) is 15.8. The molecule has 0 saturated carbocycles. The molecule has 0 spiro atoms. The van der Waals surface area contributed by atoms with E-state index in [9.17, 15) is 13.2 Å². The predicted octanol–water partition coefficient (Wildman–Crippen LogP) is 1.80. The van der Waals surface area contributed by atoms with Gasteiger partial charge in [0.15, 0.2) is 0 Å². The van der Waals surface area contributed by atoms with E-state index in [1.165, 1.54) is 22.7 Å². The highest BCUT2D eigenvalue weighted by atomic mass is 32.2. The lowest BCUT2D eigenvalue weighted by atomic mass is 10.0. The molecule has 1 aliphatic heterocycles. The third-order valence-electron chi connectivity index (χ3n) is 4.57. The Morgan fingerprint density at radius 2 is 1.65 bits per heavy atom. The zero-order chi connectivity index (χ0) is 18.7. The highest BCUT2D eigenvalue weighted by molar-refractivity contribution is 7.86. The Labute approximate surface area is 154 Å². The van der Waals surface area contributed by atoms with E-state index < -0.39 is 10.2 Å². The minimum absolute atomic E-state index is 0.0974. The highest BCUT2D eigenvalue weighted by Crippen LogP contribution is 2.20. The van der Waals surface area contributed by atoms with Crippen molar-refractivity contribution in [1.82, 2.24) is 13.5 Å². The first-order valence-corrected chi connectivity index (χ1v) is 9.91. The van der Waals surface area contributed by atoms with Crippen LogP contribution in [0.3, 0.4) is 0 Å². The number of hydrogen-bond acceptors (Lipinski definition) is 3. The van der Waals surface area contributed by atoms with E-state index in [-0.39, 0.29) is 5.91 Å². The summed E-state index contributed by atoms with van der Waals surface area (Å²) in [4.78, 5) is 14.1. The van der Waals surface area contributed by atoms with Crippen molar-refractivity contribution >= 4 is 33.0 Å². The summed E-state index contributed by atoms with van der Waals surface area (Å²) in [5.74, 6) is -0.0974. The summed E-state index contributed by atoms with van der Waals surface area (Å²) in [5.41, 5.74) is 0.991. The zero-order valence-electron chi connectivity index (χ0n) is 15.0. The first-order chi connectivity index (χ1) is 12.4. The van der Waals surface area contributed by atoms with Gasteiger partial charge in [-0.05, 0) is 22.4 Å². The molecule has 2 aromatic carbocycles. The van der Waals surface area contributed by atoms with Crippen LogP contribution < -0.4 is 0 Å². The topological polar surface area (TPSA) is 60.9 Å². The fraction of sp³-hybridized carbons (Fsp3) is 0.316. The third-order valence-corrected chi connectivity index (χ3v) is 6.51. The SMILES string of the molecule is CN(C)S(=O)(=O)N1CCN(C(=O)/C=C/c2cccc3ccccc23)CC1. The second-order valence-corrected chi connectivity index (χ2v) is 8.56.